The summed E-state index contributed by atoms with van der Waals surface area (Å²) >= 11 is 5.92. The maximum Gasteiger partial charge on any atom is 0.331 e. The van der Waals surface area contributed by atoms with Gasteiger partial charge in [0.05, 0.1) is 34.1 Å². The van der Waals surface area contributed by atoms with Crippen molar-refractivity contribution in [3.63, 3.8) is 0 Å². The molecule has 8 nitrogen and oxygen atoms in total. The van der Waals surface area contributed by atoms with Crippen LogP contribution in [0.5, 0.6) is 23.0 Å². The van der Waals surface area contributed by atoms with E-state index in [1.165, 1.54) is 46.7 Å². The predicted octanol–water partition coefficient (Wildman–Crippen LogP) is 3.57. The molecule has 0 heterocycles. The monoisotopic (exact) mass is 435 g/mol. The van der Waals surface area contributed by atoms with Gasteiger partial charge in [-0.05, 0) is 30.3 Å². The normalized spacial score (nSPS) is 10.4. The van der Waals surface area contributed by atoms with Gasteiger partial charge in [-0.3, -0.25) is 4.79 Å². The first kappa shape index (κ1) is 22.9. The molecule has 0 aliphatic rings. The molecule has 0 radical (unpaired) electrons. The van der Waals surface area contributed by atoms with Crippen molar-refractivity contribution in [3.05, 3.63) is 47.0 Å². The Morgan fingerprint density at radius 3 is 2.17 bits per heavy atom. The molecule has 0 unspecified atom stereocenters. The van der Waals surface area contributed by atoms with Gasteiger partial charge in [-0.15, -0.1) is 0 Å². The highest BCUT2D eigenvalue weighted by molar-refractivity contribution is 6.31. The van der Waals surface area contributed by atoms with Gasteiger partial charge in [0, 0.05) is 22.7 Å². The van der Waals surface area contributed by atoms with Gasteiger partial charge in [0.2, 0.25) is 0 Å². The molecule has 1 amide bonds. The van der Waals surface area contributed by atoms with Gasteiger partial charge in [-0.1, -0.05) is 11.6 Å². The Morgan fingerprint density at radius 2 is 1.53 bits per heavy atom. The average molecular weight is 436 g/mol. The molecule has 0 fully saturated rings. The van der Waals surface area contributed by atoms with Crippen molar-refractivity contribution < 1.29 is 33.3 Å². The largest absolute Gasteiger partial charge is 0.496 e. The third-order valence-electron chi connectivity index (χ3n) is 3.92. The SMILES string of the molecule is COc1cc(OC)c(OC)cc1/C=C/C(=O)OCC(=O)Nc1cc(Cl)ccc1OC. The minimum Gasteiger partial charge on any atom is -0.496 e. The molecule has 0 saturated heterocycles. The molecule has 0 saturated carbocycles. The highest BCUT2D eigenvalue weighted by Gasteiger charge is 2.12. The van der Waals surface area contributed by atoms with Crippen molar-refractivity contribution in [3.8, 4) is 23.0 Å². The van der Waals surface area contributed by atoms with Gasteiger partial charge in [0.25, 0.3) is 5.91 Å². The van der Waals surface area contributed by atoms with Gasteiger partial charge >= 0.3 is 5.97 Å². The number of halogens is 1. The number of methoxy groups -OCH3 is 4. The molecule has 0 aliphatic carbocycles. The van der Waals surface area contributed by atoms with Crippen LogP contribution in [-0.2, 0) is 14.3 Å². The Kier molecular flexibility index (Phi) is 8.37. The zero-order chi connectivity index (χ0) is 22.1. The smallest absolute Gasteiger partial charge is 0.331 e. The number of carbonyl (C=O) groups excluding carboxylic acids is 2. The minimum atomic E-state index is -0.708. The molecule has 2 aromatic carbocycles. The highest BCUT2D eigenvalue weighted by atomic mass is 35.5. The standard InChI is InChI=1S/C21H22ClNO7/c1-26-16-7-6-14(22)10-15(16)23-20(24)12-30-21(25)8-5-13-9-18(28-3)19(29-4)11-17(13)27-2/h5-11H,12H2,1-4H3,(H,23,24)/b8-5+. The van der Waals surface area contributed by atoms with Gasteiger partial charge in [0.15, 0.2) is 18.1 Å². The molecule has 2 aromatic rings. The molecule has 2 rings (SSSR count). The number of hydrogen-bond donors (Lipinski definition) is 1. The van der Waals surface area contributed by atoms with Crippen molar-refractivity contribution in [1.29, 1.82) is 0 Å². The lowest BCUT2D eigenvalue weighted by Crippen LogP contribution is -2.20. The van der Waals surface area contributed by atoms with Crippen LogP contribution < -0.4 is 24.3 Å². The number of rotatable bonds is 9. The second-order valence-electron chi connectivity index (χ2n) is 5.78. The van der Waals surface area contributed by atoms with Crippen molar-refractivity contribution >= 4 is 35.2 Å². The summed E-state index contributed by atoms with van der Waals surface area (Å²) < 4.78 is 25.9. The van der Waals surface area contributed by atoms with E-state index in [2.05, 4.69) is 5.32 Å². The number of hydrogen-bond acceptors (Lipinski definition) is 7. The lowest BCUT2D eigenvalue weighted by Gasteiger charge is -2.12. The first-order valence-corrected chi connectivity index (χ1v) is 9.07. The first-order chi connectivity index (χ1) is 14.4. The van der Waals surface area contributed by atoms with E-state index in [1.807, 2.05) is 0 Å². The summed E-state index contributed by atoms with van der Waals surface area (Å²) in [5.41, 5.74) is 0.942. The Morgan fingerprint density at radius 1 is 0.900 bits per heavy atom. The summed E-state index contributed by atoms with van der Waals surface area (Å²) in [4.78, 5) is 24.1. The number of nitrogens with one attached hydrogen (secondary N) is 1. The van der Waals surface area contributed by atoms with E-state index in [0.717, 1.165) is 0 Å². The van der Waals surface area contributed by atoms with Crippen molar-refractivity contribution in [2.75, 3.05) is 40.4 Å². The number of amides is 1. The van der Waals surface area contributed by atoms with Gasteiger partial charge in [-0.25, -0.2) is 4.79 Å². The van der Waals surface area contributed by atoms with E-state index in [9.17, 15) is 9.59 Å². The van der Waals surface area contributed by atoms with E-state index in [-0.39, 0.29) is 0 Å². The van der Waals surface area contributed by atoms with Crippen molar-refractivity contribution in [2.24, 2.45) is 0 Å². The summed E-state index contributed by atoms with van der Waals surface area (Å²) in [7, 11) is 5.96. The third-order valence-corrected chi connectivity index (χ3v) is 4.15. The third kappa shape index (κ3) is 6.05. The van der Waals surface area contributed by atoms with E-state index < -0.39 is 18.5 Å². The summed E-state index contributed by atoms with van der Waals surface area (Å²) in [6.45, 7) is -0.484. The second-order valence-corrected chi connectivity index (χ2v) is 6.22. The van der Waals surface area contributed by atoms with Crippen LogP contribution in [0, 0.1) is 0 Å². The van der Waals surface area contributed by atoms with Crippen LogP contribution in [0.3, 0.4) is 0 Å². The fourth-order valence-corrected chi connectivity index (χ4v) is 2.66. The summed E-state index contributed by atoms with van der Waals surface area (Å²) in [5, 5.41) is 3.00. The zero-order valence-corrected chi connectivity index (χ0v) is 17.7. The molecular weight excluding hydrogens is 414 g/mol. The minimum absolute atomic E-state index is 0.372. The number of ether oxygens (including phenoxy) is 5. The van der Waals surface area contributed by atoms with Gasteiger partial charge < -0.3 is 29.0 Å². The molecule has 9 heteroatoms. The van der Waals surface area contributed by atoms with Crippen molar-refractivity contribution in [2.45, 2.75) is 0 Å². The fourth-order valence-electron chi connectivity index (χ4n) is 2.49. The van der Waals surface area contributed by atoms with Crippen LogP contribution in [0.1, 0.15) is 5.56 Å². The molecule has 0 bridgehead atoms. The van der Waals surface area contributed by atoms with Crippen LogP contribution in [0.2, 0.25) is 5.02 Å². The van der Waals surface area contributed by atoms with Gasteiger partial charge in [0.1, 0.15) is 11.5 Å². The summed E-state index contributed by atoms with van der Waals surface area (Å²) in [6.07, 6.45) is 2.66. The maximum atomic E-state index is 12.1. The van der Waals surface area contributed by atoms with E-state index in [4.69, 9.17) is 35.3 Å². The topological polar surface area (TPSA) is 92.3 Å². The highest BCUT2D eigenvalue weighted by Crippen LogP contribution is 2.35. The molecule has 0 aliphatic heterocycles. The molecule has 160 valence electrons. The van der Waals surface area contributed by atoms with Crippen molar-refractivity contribution in [1.82, 2.24) is 0 Å². The molecule has 0 atom stereocenters. The van der Waals surface area contributed by atoms with Crippen LogP contribution in [0.15, 0.2) is 36.4 Å². The zero-order valence-electron chi connectivity index (χ0n) is 17.0. The van der Waals surface area contributed by atoms with Gasteiger partial charge in [-0.2, -0.15) is 0 Å². The summed E-state index contributed by atoms with van der Waals surface area (Å²) in [6, 6.07) is 8.06. The van der Waals surface area contributed by atoms with E-state index >= 15 is 0 Å². The molecule has 1 N–H and O–H groups in total. The lowest BCUT2D eigenvalue weighted by molar-refractivity contribution is -0.142. The first-order valence-electron chi connectivity index (χ1n) is 8.70. The Balaban J connectivity index is 2.00. The Bertz CT molecular complexity index is 943. The van der Waals surface area contributed by atoms with Crippen LogP contribution in [0.25, 0.3) is 6.08 Å². The average Bonchev–Trinajstić information content (AvgIpc) is 2.75. The second kappa shape index (κ2) is 11.0. The van der Waals surface area contributed by atoms with E-state index in [0.29, 0.717) is 39.3 Å². The molecule has 0 aromatic heterocycles. The number of anilines is 1. The number of benzene rings is 2. The fraction of sp³-hybridized carbons (Fsp3) is 0.238. The summed E-state index contributed by atoms with van der Waals surface area (Å²) in [5.74, 6) is 0.617. The number of esters is 1. The Hall–Kier alpha value is -3.39. The Labute approximate surface area is 179 Å². The van der Waals surface area contributed by atoms with Crippen LogP contribution in [0.4, 0.5) is 5.69 Å². The van der Waals surface area contributed by atoms with Crippen LogP contribution >= 0.6 is 11.6 Å². The van der Waals surface area contributed by atoms with Crippen LogP contribution in [-0.4, -0.2) is 46.9 Å². The lowest BCUT2D eigenvalue weighted by atomic mass is 10.1. The number of carbonyl (C=O) groups is 2. The quantitative estimate of drug-likeness (QED) is 0.475. The maximum absolute atomic E-state index is 12.1. The molecular formula is C21H22ClNO7. The molecule has 30 heavy (non-hydrogen) atoms. The predicted molar refractivity (Wildman–Crippen MR) is 113 cm³/mol. The molecule has 0 spiro atoms. The van der Waals surface area contributed by atoms with E-state index in [1.54, 1.807) is 24.3 Å².